The molecule has 3 rings (SSSR count). The number of nitrogens with zero attached hydrogens (tertiary/aromatic N) is 1. The van der Waals surface area contributed by atoms with Crippen LogP contribution in [0, 0.1) is 0 Å². The van der Waals surface area contributed by atoms with E-state index in [0.717, 1.165) is 9.37 Å². The Morgan fingerprint density at radius 3 is 2.55 bits per heavy atom. The van der Waals surface area contributed by atoms with Crippen LogP contribution < -0.4 is 10.6 Å². The van der Waals surface area contributed by atoms with Crippen LogP contribution in [0.25, 0.3) is 0 Å². The summed E-state index contributed by atoms with van der Waals surface area (Å²) in [7, 11) is 0. The monoisotopic (exact) mass is 376 g/mol. The third-order valence-electron chi connectivity index (χ3n) is 3.33. The highest BCUT2D eigenvalue weighted by Crippen LogP contribution is 2.34. The first-order valence-corrected chi connectivity index (χ1v) is 8.36. The van der Waals surface area contributed by atoms with E-state index in [1.165, 1.54) is 16.7 Å². The molecule has 22 heavy (non-hydrogen) atoms. The lowest BCUT2D eigenvalue weighted by atomic mass is 10.3. The highest BCUT2D eigenvalue weighted by atomic mass is 79.9. The molecule has 1 saturated heterocycles. The second-order valence-corrected chi connectivity index (χ2v) is 7.12. The van der Waals surface area contributed by atoms with Crippen molar-refractivity contribution in [3.63, 3.8) is 0 Å². The lowest BCUT2D eigenvalue weighted by Gasteiger charge is -2.15. The third kappa shape index (κ3) is 3.03. The molecule has 2 amide bonds. The van der Waals surface area contributed by atoms with E-state index in [1.807, 2.05) is 30.3 Å². The number of hydrogen-bond acceptors (Lipinski definition) is 4. The molecule has 112 valence electrons. The molecule has 1 heterocycles. The topological polar surface area (TPSA) is 63.4 Å². The van der Waals surface area contributed by atoms with Gasteiger partial charge in [-0.25, -0.2) is 4.90 Å². The molecule has 2 N–H and O–H groups in total. The van der Waals surface area contributed by atoms with E-state index in [4.69, 9.17) is 5.73 Å². The van der Waals surface area contributed by atoms with Crippen molar-refractivity contribution < 1.29 is 9.59 Å². The number of rotatable bonds is 3. The van der Waals surface area contributed by atoms with Gasteiger partial charge in [0.25, 0.3) is 0 Å². The van der Waals surface area contributed by atoms with Crippen LogP contribution in [0.15, 0.2) is 57.9 Å². The van der Waals surface area contributed by atoms with Gasteiger partial charge in [-0.2, -0.15) is 0 Å². The molecule has 2 aromatic carbocycles. The Hall–Kier alpha value is -1.79. The number of nitrogens with two attached hydrogens (primary N) is 1. The molecular weight excluding hydrogens is 364 g/mol. The van der Waals surface area contributed by atoms with Gasteiger partial charge in [0, 0.05) is 21.5 Å². The van der Waals surface area contributed by atoms with Gasteiger partial charge >= 0.3 is 0 Å². The average Bonchev–Trinajstić information content (AvgIpc) is 2.75. The quantitative estimate of drug-likeness (QED) is 0.657. The average molecular weight is 377 g/mol. The summed E-state index contributed by atoms with van der Waals surface area (Å²) in [6.07, 6.45) is 0.203. The maximum atomic E-state index is 12.5. The molecule has 1 atom stereocenters. The van der Waals surface area contributed by atoms with Crippen molar-refractivity contribution in [1.29, 1.82) is 0 Å². The van der Waals surface area contributed by atoms with E-state index in [0.29, 0.717) is 11.4 Å². The number of amides is 2. The van der Waals surface area contributed by atoms with E-state index in [9.17, 15) is 9.59 Å². The van der Waals surface area contributed by atoms with Crippen molar-refractivity contribution in [3.05, 3.63) is 53.0 Å². The molecule has 0 bridgehead atoms. The normalized spacial score (nSPS) is 18.0. The summed E-state index contributed by atoms with van der Waals surface area (Å²) in [5, 5.41) is -0.405. The van der Waals surface area contributed by atoms with Crippen LogP contribution in [-0.2, 0) is 9.59 Å². The van der Waals surface area contributed by atoms with Crippen LogP contribution in [0.2, 0.25) is 0 Å². The minimum Gasteiger partial charge on any atom is -0.399 e. The SMILES string of the molecule is Nc1cccc(S[C@@H]2CC(=O)N(c3ccc(Br)cc3)C2=O)c1. The smallest absolute Gasteiger partial charge is 0.247 e. The van der Waals surface area contributed by atoms with Gasteiger partial charge in [0.15, 0.2) is 0 Å². The number of halogens is 1. The van der Waals surface area contributed by atoms with Gasteiger partial charge in [-0.3, -0.25) is 9.59 Å². The molecule has 0 unspecified atom stereocenters. The number of carbonyl (C=O) groups is 2. The van der Waals surface area contributed by atoms with Gasteiger partial charge < -0.3 is 5.73 Å². The van der Waals surface area contributed by atoms with Gasteiger partial charge in [0.05, 0.1) is 10.9 Å². The summed E-state index contributed by atoms with van der Waals surface area (Å²) in [4.78, 5) is 26.9. The van der Waals surface area contributed by atoms with Gasteiger partial charge in [-0.1, -0.05) is 22.0 Å². The number of hydrogen-bond donors (Lipinski definition) is 1. The maximum absolute atomic E-state index is 12.5. The Bertz CT molecular complexity index is 733. The lowest BCUT2D eigenvalue weighted by Crippen LogP contribution is -2.31. The van der Waals surface area contributed by atoms with Crippen LogP contribution >= 0.6 is 27.7 Å². The van der Waals surface area contributed by atoms with Crippen LogP contribution in [0.1, 0.15) is 6.42 Å². The van der Waals surface area contributed by atoms with Gasteiger partial charge in [0.1, 0.15) is 0 Å². The van der Waals surface area contributed by atoms with Gasteiger partial charge in [0.2, 0.25) is 11.8 Å². The number of imide groups is 1. The molecule has 0 aliphatic carbocycles. The fourth-order valence-electron chi connectivity index (χ4n) is 2.31. The van der Waals surface area contributed by atoms with Crippen molar-refractivity contribution in [2.75, 3.05) is 10.6 Å². The Balaban J connectivity index is 1.81. The molecule has 4 nitrogen and oxygen atoms in total. The first-order chi connectivity index (χ1) is 10.5. The minimum atomic E-state index is -0.405. The summed E-state index contributed by atoms with van der Waals surface area (Å²) in [6.45, 7) is 0. The van der Waals surface area contributed by atoms with E-state index in [1.54, 1.807) is 18.2 Å². The Morgan fingerprint density at radius 2 is 1.86 bits per heavy atom. The molecule has 0 radical (unpaired) electrons. The first-order valence-electron chi connectivity index (χ1n) is 6.69. The summed E-state index contributed by atoms with van der Waals surface area (Å²) >= 11 is 4.72. The summed E-state index contributed by atoms with van der Waals surface area (Å²) in [5.41, 5.74) is 7.00. The minimum absolute atomic E-state index is 0.172. The second kappa shape index (κ2) is 6.14. The number of benzene rings is 2. The molecular formula is C16H13BrN2O2S. The predicted octanol–water partition coefficient (Wildman–Crippen LogP) is 3.46. The summed E-state index contributed by atoms with van der Waals surface area (Å²) in [6, 6.07) is 14.5. The molecule has 1 aliphatic heterocycles. The fraction of sp³-hybridized carbons (Fsp3) is 0.125. The third-order valence-corrected chi connectivity index (χ3v) is 5.03. The van der Waals surface area contributed by atoms with E-state index in [2.05, 4.69) is 15.9 Å². The highest BCUT2D eigenvalue weighted by molar-refractivity contribution is 9.10. The molecule has 6 heteroatoms. The molecule has 0 saturated carbocycles. The van der Waals surface area contributed by atoms with Gasteiger partial charge in [-0.15, -0.1) is 11.8 Å². The number of thioether (sulfide) groups is 1. The van der Waals surface area contributed by atoms with Crippen LogP contribution in [0.5, 0.6) is 0 Å². The Kier molecular flexibility index (Phi) is 4.22. The maximum Gasteiger partial charge on any atom is 0.247 e. The summed E-state index contributed by atoms with van der Waals surface area (Å²) in [5.74, 6) is -0.353. The van der Waals surface area contributed by atoms with Crippen molar-refractivity contribution in [2.24, 2.45) is 0 Å². The molecule has 1 aliphatic rings. The highest BCUT2D eigenvalue weighted by Gasteiger charge is 2.40. The summed E-state index contributed by atoms with van der Waals surface area (Å²) < 4.78 is 0.904. The number of carbonyl (C=O) groups excluding carboxylic acids is 2. The molecule has 2 aromatic rings. The number of nitrogen functional groups attached to an aromatic ring is 1. The second-order valence-electron chi connectivity index (χ2n) is 4.93. The van der Waals surface area contributed by atoms with Crippen molar-refractivity contribution >= 4 is 50.9 Å². The largest absolute Gasteiger partial charge is 0.399 e. The molecule has 0 aromatic heterocycles. The molecule has 1 fully saturated rings. The van der Waals surface area contributed by atoms with Crippen LogP contribution in [0.3, 0.4) is 0 Å². The first kappa shape index (κ1) is 15.1. The fourth-order valence-corrected chi connectivity index (χ4v) is 3.70. The van der Waals surface area contributed by atoms with Crippen molar-refractivity contribution in [1.82, 2.24) is 0 Å². The zero-order chi connectivity index (χ0) is 15.7. The predicted molar refractivity (Wildman–Crippen MR) is 91.8 cm³/mol. The van der Waals surface area contributed by atoms with Gasteiger partial charge in [-0.05, 0) is 42.5 Å². The Labute approximate surface area is 140 Å². The zero-order valence-electron chi connectivity index (χ0n) is 11.5. The Morgan fingerprint density at radius 1 is 1.14 bits per heavy atom. The van der Waals surface area contributed by atoms with Crippen LogP contribution in [-0.4, -0.2) is 17.1 Å². The van der Waals surface area contributed by atoms with E-state index < -0.39 is 5.25 Å². The van der Waals surface area contributed by atoms with Crippen molar-refractivity contribution in [3.8, 4) is 0 Å². The van der Waals surface area contributed by atoms with E-state index >= 15 is 0 Å². The van der Waals surface area contributed by atoms with E-state index in [-0.39, 0.29) is 18.2 Å². The molecule has 0 spiro atoms. The van der Waals surface area contributed by atoms with Crippen LogP contribution in [0.4, 0.5) is 11.4 Å². The number of anilines is 2. The zero-order valence-corrected chi connectivity index (χ0v) is 13.9. The standard InChI is InChI=1S/C16H13BrN2O2S/c17-10-4-6-12(7-5-10)19-15(20)9-14(16(19)21)22-13-3-1-2-11(18)8-13/h1-8,14H,9,18H2/t14-/m1/s1. The lowest BCUT2D eigenvalue weighted by molar-refractivity contribution is -0.121. The van der Waals surface area contributed by atoms with Crippen molar-refractivity contribution in [2.45, 2.75) is 16.6 Å².